The second-order valence-electron chi connectivity index (χ2n) is 9.39. The van der Waals surface area contributed by atoms with Gasteiger partial charge in [-0.3, -0.25) is 4.79 Å². The highest BCUT2D eigenvalue weighted by Crippen LogP contribution is 2.37. The summed E-state index contributed by atoms with van der Waals surface area (Å²) in [5, 5.41) is 9.71. The molecule has 0 spiro atoms. The molecule has 1 saturated heterocycles. The van der Waals surface area contributed by atoms with E-state index in [0.717, 1.165) is 0 Å². The number of likely N-dealkylation sites (tertiary alicyclic amines) is 1. The van der Waals surface area contributed by atoms with Crippen LogP contribution < -0.4 is 0 Å². The van der Waals surface area contributed by atoms with Crippen LogP contribution in [0.4, 0.5) is 4.79 Å². The highest BCUT2D eigenvalue weighted by atomic mass is 28.2. The smallest absolute Gasteiger partial charge is 0.410 e. The molecule has 0 aromatic heterocycles. The molecule has 1 aliphatic heterocycles. The van der Waals surface area contributed by atoms with Crippen LogP contribution in [0, 0.1) is 11.8 Å². The molecule has 1 aliphatic rings. The van der Waals surface area contributed by atoms with E-state index in [2.05, 4.69) is 20.8 Å². The first-order valence-electron chi connectivity index (χ1n) is 8.47. The SMILES string of the molecule is CC(C)(C)OC(=O)N1C[C@H](C(=O)O)[C@@H](C(C)(C)O[SiH2]C(C)(C)C)C1. The number of hydrogen-bond donors (Lipinski definition) is 1. The molecule has 0 radical (unpaired) electrons. The number of carbonyl (C=O) groups excluding carboxylic acids is 1. The molecule has 1 N–H and O–H groups in total. The first-order valence-corrected chi connectivity index (χ1v) is 9.75. The number of carboxylic acids is 1. The van der Waals surface area contributed by atoms with Crippen molar-refractivity contribution in [1.82, 2.24) is 4.90 Å². The van der Waals surface area contributed by atoms with Gasteiger partial charge in [0.2, 0.25) is 0 Å². The number of ether oxygens (including phenoxy) is 1. The number of rotatable bonds is 4. The van der Waals surface area contributed by atoms with E-state index < -0.39 is 38.9 Å². The van der Waals surface area contributed by atoms with Gasteiger partial charge in [-0.05, 0) is 39.7 Å². The largest absolute Gasteiger partial charge is 0.481 e. The van der Waals surface area contributed by atoms with Crippen molar-refractivity contribution in [1.29, 1.82) is 0 Å². The van der Waals surface area contributed by atoms with Crippen molar-refractivity contribution < 1.29 is 23.9 Å². The molecule has 0 saturated carbocycles. The molecule has 6 nitrogen and oxygen atoms in total. The zero-order chi connectivity index (χ0) is 18.9. The van der Waals surface area contributed by atoms with Gasteiger partial charge in [-0.15, -0.1) is 0 Å². The van der Waals surface area contributed by atoms with Gasteiger partial charge >= 0.3 is 12.1 Å². The van der Waals surface area contributed by atoms with E-state index in [1.54, 1.807) is 20.8 Å². The zero-order valence-corrected chi connectivity index (χ0v) is 17.7. The van der Waals surface area contributed by atoms with Crippen molar-refractivity contribution in [3.8, 4) is 0 Å². The van der Waals surface area contributed by atoms with Crippen LogP contribution in [0.15, 0.2) is 0 Å². The summed E-state index contributed by atoms with van der Waals surface area (Å²) in [6.45, 7) is 16.2. The van der Waals surface area contributed by atoms with E-state index in [1.165, 1.54) is 4.90 Å². The number of hydrogen-bond acceptors (Lipinski definition) is 4. The van der Waals surface area contributed by atoms with Gasteiger partial charge in [0.1, 0.15) is 5.60 Å². The molecule has 2 atom stereocenters. The van der Waals surface area contributed by atoms with E-state index in [-0.39, 0.29) is 17.5 Å². The Balaban J connectivity index is 2.88. The Kier molecular flexibility index (Phi) is 6.14. The molecule has 140 valence electrons. The molecule has 1 rings (SSSR count). The summed E-state index contributed by atoms with van der Waals surface area (Å²) in [6, 6.07) is 0. The van der Waals surface area contributed by atoms with Gasteiger partial charge < -0.3 is 19.2 Å². The van der Waals surface area contributed by atoms with Gasteiger partial charge in [-0.1, -0.05) is 20.8 Å². The van der Waals surface area contributed by atoms with Gasteiger partial charge in [-0.25, -0.2) is 4.79 Å². The predicted molar refractivity (Wildman–Crippen MR) is 95.8 cm³/mol. The third-order valence-electron chi connectivity index (χ3n) is 4.06. The standard InChI is InChI=1S/C17H33NO5Si/c1-15(2,3)22-14(21)18-9-11(13(19)20)12(10-18)17(7,8)23-24-16(4,5)6/h11-12H,9-10,24H2,1-8H3,(H,19,20)/t11-,12-/m0/s1. The molecule has 0 aromatic carbocycles. The minimum Gasteiger partial charge on any atom is -0.481 e. The van der Waals surface area contributed by atoms with Crippen LogP contribution >= 0.6 is 0 Å². The van der Waals surface area contributed by atoms with Gasteiger partial charge in [0, 0.05) is 19.0 Å². The summed E-state index contributed by atoms with van der Waals surface area (Å²) in [6.07, 6.45) is -0.458. The van der Waals surface area contributed by atoms with Crippen LogP contribution in [0.5, 0.6) is 0 Å². The van der Waals surface area contributed by atoms with Gasteiger partial charge in [0.25, 0.3) is 0 Å². The summed E-state index contributed by atoms with van der Waals surface area (Å²) < 4.78 is 11.6. The second kappa shape index (κ2) is 7.04. The fourth-order valence-electron chi connectivity index (χ4n) is 2.74. The van der Waals surface area contributed by atoms with Crippen LogP contribution in [0.3, 0.4) is 0 Å². The molecule has 1 fully saturated rings. The zero-order valence-electron chi connectivity index (χ0n) is 16.3. The summed E-state index contributed by atoms with van der Waals surface area (Å²) >= 11 is 0. The molecular formula is C17H33NO5Si. The quantitative estimate of drug-likeness (QED) is 0.781. The molecule has 24 heavy (non-hydrogen) atoms. The lowest BCUT2D eigenvalue weighted by Gasteiger charge is -2.36. The summed E-state index contributed by atoms with van der Waals surface area (Å²) in [5.41, 5.74) is -1.18. The number of aliphatic carboxylic acids is 1. The molecule has 7 heteroatoms. The number of amides is 1. The summed E-state index contributed by atoms with van der Waals surface area (Å²) in [5.74, 6) is -1.78. The number of nitrogens with zero attached hydrogens (tertiary/aromatic N) is 1. The number of carboxylic acid groups (broad SMARTS) is 1. The van der Waals surface area contributed by atoms with Crippen molar-refractivity contribution in [3.63, 3.8) is 0 Å². The van der Waals surface area contributed by atoms with E-state index in [1.807, 2.05) is 13.8 Å². The Morgan fingerprint density at radius 3 is 2.00 bits per heavy atom. The lowest BCUT2D eigenvalue weighted by molar-refractivity contribution is -0.144. The minimum atomic E-state index is -0.889. The fourth-order valence-corrected chi connectivity index (χ4v) is 3.76. The first kappa shape index (κ1) is 21.0. The topological polar surface area (TPSA) is 76.1 Å². The minimum absolute atomic E-state index is 0.124. The fraction of sp³-hybridized carbons (Fsp3) is 0.882. The molecule has 0 unspecified atom stereocenters. The maximum atomic E-state index is 12.3. The molecular weight excluding hydrogens is 326 g/mol. The van der Waals surface area contributed by atoms with Gasteiger partial charge in [0.15, 0.2) is 9.76 Å². The van der Waals surface area contributed by atoms with E-state index in [0.29, 0.717) is 6.54 Å². The van der Waals surface area contributed by atoms with Crippen molar-refractivity contribution >= 4 is 21.8 Å². The Bertz CT molecular complexity index is 478. The monoisotopic (exact) mass is 359 g/mol. The van der Waals surface area contributed by atoms with Crippen LogP contribution in [0.25, 0.3) is 0 Å². The van der Waals surface area contributed by atoms with Crippen LogP contribution in [-0.4, -0.2) is 56.1 Å². The van der Waals surface area contributed by atoms with Crippen LogP contribution in [0.2, 0.25) is 5.04 Å². The van der Waals surface area contributed by atoms with Crippen molar-refractivity contribution in [2.75, 3.05) is 13.1 Å². The molecule has 0 aliphatic carbocycles. The highest BCUT2D eigenvalue weighted by Gasteiger charge is 2.48. The Morgan fingerprint density at radius 1 is 1.04 bits per heavy atom. The van der Waals surface area contributed by atoms with Crippen molar-refractivity contribution in [2.24, 2.45) is 11.8 Å². The predicted octanol–water partition coefficient (Wildman–Crippen LogP) is 2.65. The summed E-state index contributed by atoms with van der Waals surface area (Å²) in [4.78, 5) is 25.5. The van der Waals surface area contributed by atoms with E-state index in [9.17, 15) is 14.7 Å². The Labute approximate surface area is 147 Å². The maximum absolute atomic E-state index is 12.3. The highest BCUT2D eigenvalue weighted by molar-refractivity contribution is 6.31. The first-order chi connectivity index (χ1) is 10.6. The molecule has 0 aromatic rings. The Morgan fingerprint density at radius 2 is 1.58 bits per heavy atom. The average Bonchev–Trinajstić information content (AvgIpc) is 2.79. The maximum Gasteiger partial charge on any atom is 0.410 e. The normalized spacial score (nSPS) is 23.1. The summed E-state index contributed by atoms with van der Waals surface area (Å²) in [7, 11) is -0.827. The lowest BCUT2D eigenvalue weighted by atomic mass is 9.83. The Hall–Kier alpha value is -1.08. The molecule has 1 amide bonds. The van der Waals surface area contributed by atoms with Crippen molar-refractivity contribution in [2.45, 2.75) is 71.6 Å². The van der Waals surface area contributed by atoms with Gasteiger partial charge in [-0.2, -0.15) is 0 Å². The van der Waals surface area contributed by atoms with Gasteiger partial charge in [0.05, 0.1) is 11.5 Å². The second-order valence-corrected chi connectivity index (χ2v) is 12.1. The lowest BCUT2D eigenvalue weighted by Crippen LogP contribution is -2.43. The van der Waals surface area contributed by atoms with E-state index in [4.69, 9.17) is 9.16 Å². The van der Waals surface area contributed by atoms with Crippen LogP contribution in [0.1, 0.15) is 55.4 Å². The third kappa shape index (κ3) is 6.09. The van der Waals surface area contributed by atoms with Crippen molar-refractivity contribution in [3.05, 3.63) is 0 Å². The number of carbonyl (C=O) groups is 2. The van der Waals surface area contributed by atoms with E-state index >= 15 is 0 Å². The third-order valence-corrected chi connectivity index (χ3v) is 5.81. The molecule has 0 bridgehead atoms. The van der Waals surface area contributed by atoms with Crippen LogP contribution in [-0.2, 0) is 14.0 Å². The average molecular weight is 360 g/mol. The molecule has 1 heterocycles.